The van der Waals surface area contributed by atoms with Gasteiger partial charge in [-0.3, -0.25) is 4.79 Å². The van der Waals surface area contributed by atoms with Crippen LogP contribution >= 0.6 is 0 Å². The van der Waals surface area contributed by atoms with E-state index in [9.17, 15) is 4.79 Å². The number of nitrogens with two attached hydrogens (primary N) is 1. The number of amides is 1. The molecule has 1 saturated heterocycles. The Kier molecular flexibility index (Phi) is 4.62. The molecule has 4 heteroatoms. The lowest BCUT2D eigenvalue weighted by molar-refractivity contribution is -0.144. The number of carbonyl (C=O) groups excluding carboxylic acids is 1. The fourth-order valence-electron chi connectivity index (χ4n) is 3.15. The molecule has 2 aliphatic rings. The smallest absolute Gasteiger partial charge is 0.223 e. The highest BCUT2D eigenvalue weighted by molar-refractivity contribution is 5.76. The molecule has 2 rings (SSSR count). The Labute approximate surface area is 110 Å². The van der Waals surface area contributed by atoms with Crippen molar-refractivity contribution >= 4 is 5.91 Å². The molecule has 0 aromatic rings. The Hall–Kier alpha value is -0.610. The van der Waals surface area contributed by atoms with Crippen LogP contribution in [0.2, 0.25) is 0 Å². The summed E-state index contributed by atoms with van der Waals surface area (Å²) in [5.74, 6) is 0.850. The normalized spacial score (nSPS) is 37.6. The molecule has 0 spiro atoms. The van der Waals surface area contributed by atoms with Gasteiger partial charge in [0, 0.05) is 25.6 Å². The summed E-state index contributed by atoms with van der Waals surface area (Å²) in [5, 5.41) is 0. The molecule has 2 atom stereocenters. The van der Waals surface area contributed by atoms with Crippen molar-refractivity contribution in [2.24, 2.45) is 11.7 Å². The van der Waals surface area contributed by atoms with Gasteiger partial charge in [0.25, 0.3) is 0 Å². The highest BCUT2D eigenvalue weighted by atomic mass is 16.5. The lowest BCUT2D eigenvalue weighted by Gasteiger charge is -2.36. The monoisotopic (exact) mass is 254 g/mol. The van der Waals surface area contributed by atoms with Crippen LogP contribution in [-0.2, 0) is 9.53 Å². The Morgan fingerprint density at radius 3 is 2.28 bits per heavy atom. The summed E-state index contributed by atoms with van der Waals surface area (Å²) in [5.41, 5.74) is 5.90. The molecular weight excluding hydrogens is 228 g/mol. The van der Waals surface area contributed by atoms with E-state index in [-0.39, 0.29) is 12.2 Å². The van der Waals surface area contributed by atoms with Gasteiger partial charge in [-0.05, 0) is 45.4 Å². The SMILES string of the molecule is CC1CN(C(=O)CC2CCC(N)CC2)CC(C)O1. The molecule has 4 nitrogen and oxygen atoms in total. The number of carbonyl (C=O) groups is 1. The molecule has 0 bridgehead atoms. The molecule has 2 N–H and O–H groups in total. The van der Waals surface area contributed by atoms with E-state index in [2.05, 4.69) is 0 Å². The number of hydrogen-bond donors (Lipinski definition) is 1. The molecule has 1 heterocycles. The Morgan fingerprint density at radius 1 is 1.17 bits per heavy atom. The number of nitrogens with zero attached hydrogens (tertiary/aromatic N) is 1. The summed E-state index contributed by atoms with van der Waals surface area (Å²) in [6, 6.07) is 0.361. The first-order valence-electron chi connectivity index (χ1n) is 7.23. The highest BCUT2D eigenvalue weighted by Gasteiger charge is 2.28. The van der Waals surface area contributed by atoms with E-state index >= 15 is 0 Å². The van der Waals surface area contributed by atoms with Gasteiger partial charge in [-0.1, -0.05) is 0 Å². The van der Waals surface area contributed by atoms with E-state index < -0.39 is 0 Å². The maximum atomic E-state index is 12.3. The summed E-state index contributed by atoms with van der Waals surface area (Å²) < 4.78 is 5.66. The molecule has 1 aliphatic carbocycles. The third-order valence-corrected chi connectivity index (χ3v) is 4.13. The van der Waals surface area contributed by atoms with Crippen LogP contribution < -0.4 is 5.73 Å². The zero-order chi connectivity index (χ0) is 13.1. The van der Waals surface area contributed by atoms with Gasteiger partial charge in [-0.15, -0.1) is 0 Å². The molecule has 1 saturated carbocycles. The molecule has 2 unspecified atom stereocenters. The van der Waals surface area contributed by atoms with Crippen LogP contribution in [0.15, 0.2) is 0 Å². The number of ether oxygens (including phenoxy) is 1. The van der Waals surface area contributed by atoms with Crippen LogP contribution in [0.1, 0.15) is 46.0 Å². The zero-order valence-corrected chi connectivity index (χ0v) is 11.6. The lowest BCUT2D eigenvalue weighted by Crippen LogP contribution is -2.48. The van der Waals surface area contributed by atoms with Gasteiger partial charge in [-0.2, -0.15) is 0 Å². The van der Waals surface area contributed by atoms with Crippen LogP contribution in [0.4, 0.5) is 0 Å². The Morgan fingerprint density at radius 2 is 1.72 bits per heavy atom. The second kappa shape index (κ2) is 6.02. The minimum Gasteiger partial charge on any atom is -0.372 e. The summed E-state index contributed by atoms with van der Waals surface area (Å²) in [4.78, 5) is 14.3. The van der Waals surface area contributed by atoms with Crippen molar-refractivity contribution in [3.63, 3.8) is 0 Å². The predicted molar refractivity (Wildman–Crippen MR) is 71.1 cm³/mol. The molecule has 1 aliphatic heterocycles. The van der Waals surface area contributed by atoms with Gasteiger partial charge >= 0.3 is 0 Å². The van der Waals surface area contributed by atoms with Crippen LogP contribution in [0.3, 0.4) is 0 Å². The molecule has 0 aromatic carbocycles. The summed E-state index contributed by atoms with van der Waals surface area (Å²) in [6.45, 7) is 5.57. The standard InChI is InChI=1S/C14H26N2O2/c1-10-8-16(9-11(2)18-10)14(17)7-12-3-5-13(15)6-4-12/h10-13H,3-9,15H2,1-2H3. The van der Waals surface area contributed by atoms with Gasteiger partial charge in [0.2, 0.25) is 5.91 Å². The Bertz CT molecular complexity index is 278. The van der Waals surface area contributed by atoms with Crippen molar-refractivity contribution in [2.75, 3.05) is 13.1 Å². The van der Waals surface area contributed by atoms with E-state index in [0.717, 1.165) is 38.8 Å². The molecule has 2 fully saturated rings. The van der Waals surface area contributed by atoms with Crippen molar-refractivity contribution in [3.8, 4) is 0 Å². The topological polar surface area (TPSA) is 55.6 Å². The number of morpholine rings is 1. The fourth-order valence-corrected chi connectivity index (χ4v) is 3.15. The van der Waals surface area contributed by atoms with Crippen LogP contribution in [-0.4, -0.2) is 42.1 Å². The molecule has 1 amide bonds. The van der Waals surface area contributed by atoms with Crippen molar-refractivity contribution in [1.29, 1.82) is 0 Å². The fraction of sp³-hybridized carbons (Fsp3) is 0.929. The van der Waals surface area contributed by atoms with Gasteiger partial charge < -0.3 is 15.4 Å². The second-order valence-electron chi connectivity index (χ2n) is 6.04. The zero-order valence-electron chi connectivity index (χ0n) is 11.6. The van der Waals surface area contributed by atoms with Gasteiger partial charge in [0.15, 0.2) is 0 Å². The maximum Gasteiger partial charge on any atom is 0.223 e. The van der Waals surface area contributed by atoms with E-state index in [1.807, 2.05) is 18.7 Å². The minimum absolute atomic E-state index is 0.164. The first-order valence-corrected chi connectivity index (χ1v) is 7.23. The minimum atomic E-state index is 0.164. The molecular formula is C14H26N2O2. The lowest BCUT2D eigenvalue weighted by atomic mass is 9.84. The predicted octanol–water partition coefficient (Wildman–Crippen LogP) is 1.53. The van der Waals surface area contributed by atoms with Crippen LogP contribution in [0, 0.1) is 5.92 Å². The van der Waals surface area contributed by atoms with E-state index in [1.54, 1.807) is 0 Å². The summed E-state index contributed by atoms with van der Waals surface area (Å²) in [7, 11) is 0. The van der Waals surface area contributed by atoms with E-state index in [0.29, 0.717) is 24.3 Å². The summed E-state index contributed by atoms with van der Waals surface area (Å²) >= 11 is 0. The third kappa shape index (κ3) is 3.69. The molecule has 104 valence electrons. The average molecular weight is 254 g/mol. The highest BCUT2D eigenvalue weighted by Crippen LogP contribution is 2.27. The second-order valence-corrected chi connectivity index (χ2v) is 6.04. The van der Waals surface area contributed by atoms with Crippen LogP contribution in [0.25, 0.3) is 0 Å². The quantitative estimate of drug-likeness (QED) is 0.813. The number of rotatable bonds is 2. The van der Waals surface area contributed by atoms with Crippen molar-refractivity contribution in [2.45, 2.75) is 64.2 Å². The summed E-state index contributed by atoms with van der Waals surface area (Å²) in [6.07, 6.45) is 5.41. The number of hydrogen-bond acceptors (Lipinski definition) is 3. The van der Waals surface area contributed by atoms with Gasteiger partial charge in [-0.25, -0.2) is 0 Å². The van der Waals surface area contributed by atoms with Crippen molar-refractivity contribution < 1.29 is 9.53 Å². The Balaban J connectivity index is 1.80. The third-order valence-electron chi connectivity index (χ3n) is 4.13. The molecule has 0 radical (unpaired) electrons. The van der Waals surface area contributed by atoms with Crippen molar-refractivity contribution in [1.82, 2.24) is 4.90 Å². The first-order chi connectivity index (χ1) is 8.54. The molecule has 0 aromatic heterocycles. The van der Waals surface area contributed by atoms with E-state index in [4.69, 9.17) is 10.5 Å². The molecule has 18 heavy (non-hydrogen) atoms. The van der Waals surface area contributed by atoms with Gasteiger partial charge in [0.1, 0.15) is 0 Å². The largest absolute Gasteiger partial charge is 0.372 e. The van der Waals surface area contributed by atoms with Crippen LogP contribution in [0.5, 0.6) is 0 Å². The van der Waals surface area contributed by atoms with Gasteiger partial charge in [0.05, 0.1) is 12.2 Å². The van der Waals surface area contributed by atoms with E-state index in [1.165, 1.54) is 0 Å². The maximum absolute atomic E-state index is 12.3. The average Bonchev–Trinajstić information content (AvgIpc) is 2.31. The first kappa shape index (κ1) is 13.8. The van der Waals surface area contributed by atoms with Crippen molar-refractivity contribution in [3.05, 3.63) is 0 Å².